The molecule has 1 aromatic heterocycles. The molecule has 0 saturated heterocycles. The number of nitrogens with one attached hydrogen (secondary N) is 1. The molecule has 0 saturated carbocycles. The fraction of sp³-hybridized carbons (Fsp3) is 0.0833. The van der Waals surface area contributed by atoms with Crippen molar-refractivity contribution in [1.29, 1.82) is 0 Å². The van der Waals surface area contributed by atoms with E-state index in [1.54, 1.807) is 12.1 Å². The molecule has 150 valence electrons. The van der Waals surface area contributed by atoms with Gasteiger partial charge in [0.2, 0.25) is 0 Å². The van der Waals surface area contributed by atoms with Crippen molar-refractivity contribution in [3.8, 4) is 11.5 Å². The van der Waals surface area contributed by atoms with E-state index in [-0.39, 0.29) is 5.56 Å². The van der Waals surface area contributed by atoms with Crippen LogP contribution < -0.4 is 9.47 Å². The van der Waals surface area contributed by atoms with E-state index in [1.165, 1.54) is 6.20 Å². The number of carboxylic acids is 1. The molecular formula is C24H19NO5. The Morgan fingerprint density at radius 3 is 2.03 bits per heavy atom. The molecule has 0 spiro atoms. The van der Waals surface area contributed by atoms with E-state index in [9.17, 15) is 9.59 Å². The second-order valence-electron chi connectivity index (χ2n) is 6.73. The number of aromatic nitrogens is 1. The normalized spacial score (nSPS) is 10.7. The number of Topliss-reactive ketones (excluding diaryl/α,β-unsaturated/α-hetero) is 1. The molecule has 0 unspecified atom stereocenters. The largest absolute Gasteiger partial charge is 0.489 e. The molecule has 4 rings (SSSR count). The van der Waals surface area contributed by atoms with E-state index in [0.29, 0.717) is 35.6 Å². The summed E-state index contributed by atoms with van der Waals surface area (Å²) in [5.74, 6) is -1.55. The zero-order valence-electron chi connectivity index (χ0n) is 16.0. The molecule has 1 heterocycles. The third-order valence-corrected chi connectivity index (χ3v) is 4.65. The highest BCUT2D eigenvalue weighted by Crippen LogP contribution is 2.34. The molecule has 0 amide bonds. The number of carbonyl (C=O) groups is 2. The van der Waals surface area contributed by atoms with Crippen LogP contribution in [0.15, 0.2) is 79.0 Å². The second-order valence-corrected chi connectivity index (χ2v) is 6.73. The molecule has 2 N–H and O–H groups in total. The van der Waals surface area contributed by atoms with E-state index < -0.39 is 11.8 Å². The number of hydrogen-bond donors (Lipinski definition) is 2. The minimum Gasteiger partial charge on any atom is -0.489 e. The van der Waals surface area contributed by atoms with Gasteiger partial charge >= 0.3 is 5.97 Å². The van der Waals surface area contributed by atoms with E-state index >= 15 is 0 Å². The summed E-state index contributed by atoms with van der Waals surface area (Å²) in [6, 6.07) is 22.7. The van der Waals surface area contributed by atoms with Crippen LogP contribution >= 0.6 is 0 Å². The lowest BCUT2D eigenvalue weighted by Gasteiger charge is -2.12. The zero-order valence-corrected chi connectivity index (χ0v) is 16.0. The van der Waals surface area contributed by atoms with Crippen molar-refractivity contribution in [2.45, 2.75) is 13.2 Å². The summed E-state index contributed by atoms with van der Waals surface area (Å²) < 4.78 is 11.9. The van der Waals surface area contributed by atoms with Crippen molar-refractivity contribution in [2.24, 2.45) is 0 Å². The number of aliphatic carboxylic acids is 1. The predicted molar refractivity (Wildman–Crippen MR) is 112 cm³/mol. The van der Waals surface area contributed by atoms with Crippen molar-refractivity contribution in [2.75, 3.05) is 0 Å². The number of ether oxygens (including phenoxy) is 2. The Morgan fingerprint density at radius 2 is 1.43 bits per heavy atom. The van der Waals surface area contributed by atoms with Crippen LogP contribution in [-0.4, -0.2) is 21.8 Å². The summed E-state index contributed by atoms with van der Waals surface area (Å²) >= 11 is 0. The number of carboxylic acid groups (broad SMARTS) is 1. The van der Waals surface area contributed by atoms with Crippen molar-refractivity contribution >= 4 is 22.7 Å². The summed E-state index contributed by atoms with van der Waals surface area (Å²) in [6.07, 6.45) is 1.39. The van der Waals surface area contributed by atoms with Crippen molar-refractivity contribution < 1.29 is 24.2 Å². The number of carbonyl (C=O) groups excluding carboxylic acids is 1. The fourth-order valence-electron chi connectivity index (χ4n) is 3.15. The van der Waals surface area contributed by atoms with Gasteiger partial charge in [-0.25, -0.2) is 4.79 Å². The van der Waals surface area contributed by atoms with Crippen molar-refractivity contribution in [3.63, 3.8) is 0 Å². The predicted octanol–water partition coefficient (Wildman–Crippen LogP) is 4.59. The van der Waals surface area contributed by atoms with Gasteiger partial charge in [0.15, 0.2) is 0 Å². The monoisotopic (exact) mass is 401 g/mol. The Bertz CT molecular complexity index is 1180. The second kappa shape index (κ2) is 8.53. The molecule has 6 nitrogen and oxygen atoms in total. The van der Waals surface area contributed by atoms with Gasteiger partial charge in [-0.1, -0.05) is 60.7 Å². The lowest BCUT2D eigenvalue weighted by molar-refractivity contribution is -0.131. The molecule has 3 aromatic carbocycles. The number of aromatic amines is 1. The summed E-state index contributed by atoms with van der Waals surface area (Å²) in [6.45, 7) is 0.649. The first-order valence-corrected chi connectivity index (χ1v) is 9.38. The molecule has 30 heavy (non-hydrogen) atoms. The maximum atomic E-state index is 12.1. The summed E-state index contributed by atoms with van der Waals surface area (Å²) in [5.41, 5.74) is 2.57. The van der Waals surface area contributed by atoms with Gasteiger partial charge in [0.1, 0.15) is 24.7 Å². The molecule has 0 atom stereocenters. The number of hydrogen-bond acceptors (Lipinski definition) is 4. The fourth-order valence-corrected chi connectivity index (χ4v) is 3.15. The molecule has 0 bridgehead atoms. The Balaban J connectivity index is 1.68. The first kappa shape index (κ1) is 19.3. The molecule has 0 aliphatic heterocycles. The molecule has 0 radical (unpaired) electrons. The van der Waals surface area contributed by atoms with Crippen LogP contribution in [0.25, 0.3) is 10.9 Å². The maximum absolute atomic E-state index is 12.1. The van der Waals surface area contributed by atoms with E-state index in [1.807, 2.05) is 60.7 Å². The van der Waals surface area contributed by atoms with Gasteiger partial charge in [-0.2, -0.15) is 0 Å². The van der Waals surface area contributed by atoms with Gasteiger partial charge in [-0.15, -0.1) is 0 Å². The average Bonchev–Trinajstić information content (AvgIpc) is 3.21. The topological polar surface area (TPSA) is 88.6 Å². The van der Waals surface area contributed by atoms with Crippen molar-refractivity contribution in [3.05, 3.63) is 95.7 Å². The first-order chi connectivity index (χ1) is 14.6. The third-order valence-electron chi connectivity index (χ3n) is 4.65. The van der Waals surface area contributed by atoms with Crippen LogP contribution in [0.3, 0.4) is 0 Å². The van der Waals surface area contributed by atoms with Crippen LogP contribution in [0.5, 0.6) is 11.5 Å². The van der Waals surface area contributed by atoms with E-state index in [0.717, 1.165) is 11.1 Å². The van der Waals surface area contributed by atoms with Crippen LogP contribution in [0.2, 0.25) is 0 Å². The van der Waals surface area contributed by atoms with Gasteiger partial charge in [0.05, 0.1) is 11.1 Å². The number of rotatable bonds is 8. The van der Waals surface area contributed by atoms with Gasteiger partial charge in [0, 0.05) is 17.6 Å². The molecule has 0 aliphatic carbocycles. The Labute approximate surface area is 172 Å². The van der Waals surface area contributed by atoms with E-state index in [4.69, 9.17) is 14.6 Å². The van der Waals surface area contributed by atoms with Crippen LogP contribution in [-0.2, 0) is 18.0 Å². The van der Waals surface area contributed by atoms with E-state index in [2.05, 4.69) is 4.98 Å². The van der Waals surface area contributed by atoms with Crippen LogP contribution in [0.4, 0.5) is 0 Å². The highest BCUT2D eigenvalue weighted by Gasteiger charge is 2.21. The van der Waals surface area contributed by atoms with Crippen LogP contribution in [0, 0.1) is 0 Å². The summed E-state index contributed by atoms with van der Waals surface area (Å²) in [7, 11) is 0. The Kier molecular flexibility index (Phi) is 5.48. The standard InChI is InChI=1S/C24H19NO5/c26-23(24(27)28)20-13-25-22-19(20)11-18(29-14-16-7-3-1-4-8-16)12-21(22)30-15-17-9-5-2-6-10-17/h1-13,25H,14-15H2,(H,27,28). The Morgan fingerprint density at radius 1 is 0.833 bits per heavy atom. The molecule has 6 heteroatoms. The molecule has 0 aliphatic rings. The third kappa shape index (κ3) is 4.17. The van der Waals surface area contributed by atoms with Gasteiger partial charge in [0.25, 0.3) is 5.78 Å². The van der Waals surface area contributed by atoms with Gasteiger partial charge < -0.3 is 19.6 Å². The minimum absolute atomic E-state index is 0.0622. The first-order valence-electron chi connectivity index (χ1n) is 9.38. The molecule has 4 aromatic rings. The Hall–Kier alpha value is -4.06. The highest BCUT2D eigenvalue weighted by molar-refractivity contribution is 6.42. The molecular weight excluding hydrogens is 382 g/mol. The summed E-state index contributed by atoms with van der Waals surface area (Å²) in [5, 5.41) is 9.57. The number of benzene rings is 3. The number of H-pyrrole nitrogens is 1. The van der Waals surface area contributed by atoms with Gasteiger partial charge in [-0.05, 0) is 17.2 Å². The highest BCUT2D eigenvalue weighted by atomic mass is 16.5. The zero-order chi connectivity index (χ0) is 20.9. The minimum atomic E-state index is -1.52. The van der Waals surface area contributed by atoms with Crippen LogP contribution in [0.1, 0.15) is 21.5 Å². The van der Waals surface area contributed by atoms with Gasteiger partial charge in [-0.3, -0.25) is 4.79 Å². The maximum Gasteiger partial charge on any atom is 0.377 e. The van der Waals surface area contributed by atoms with Crippen molar-refractivity contribution in [1.82, 2.24) is 4.98 Å². The number of ketones is 1. The average molecular weight is 401 g/mol. The lowest BCUT2D eigenvalue weighted by atomic mass is 10.1. The summed E-state index contributed by atoms with van der Waals surface area (Å²) in [4.78, 5) is 26.3. The smallest absolute Gasteiger partial charge is 0.377 e. The molecule has 0 fully saturated rings. The lowest BCUT2D eigenvalue weighted by Crippen LogP contribution is -2.12. The quantitative estimate of drug-likeness (QED) is 0.333. The number of fused-ring (bicyclic) bond motifs is 1. The SMILES string of the molecule is O=C(O)C(=O)c1c[nH]c2c(OCc3ccccc3)cc(OCc3ccccc3)cc12.